The molecule has 112 valence electrons. The van der Waals surface area contributed by atoms with Gasteiger partial charge in [0.1, 0.15) is 4.88 Å². The molecular weight excluding hydrogens is 294 g/mol. The van der Waals surface area contributed by atoms with Crippen molar-refractivity contribution in [3.8, 4) is 21.9 Å². The van der Waals surface area contributed by atoms with Crippen molar-refractivity contribution in [1.29, 1.82) is 0 Å². The van der Waals surface area contributed by atoms with Crippen LogP contribution in [0.15, 0.2) is 40.2 Å². The molecule has 3 aromatic rings. The highest BCUT2D eigenvalue weighted by molar-refractivity contribution is 7.14. The average Bonchev–Trinajstić information content (AvgIpc) is 3.14. The van der Waals surface area contributed by atoms with Crippen LogP contribution in [-0.2, 0) is 5.54 Å². The molecule has 1 fully saturated rings. The average molecular weight is 311 g/mol. The first-order chi connectivity index (χ1) is 10.7. The van der Waals surface area contributed by atoms with Crippen molar-refractivity contribution in [2.24, 2.45) is 5.73 Å². The third kappa shape index (κ3) is 2.17. The summed E-state index contributed by atoms with van der Waals surface area (Å²) in [6, 6.07) is 10.6. The highest BCUT2D eigenvalue weighted by atomic mass is 32.1. The number of aryl methyl sites for hydroxylation is 1. The van der Waals surface area contributed by atoms with E-state index in [-0.39, 0.29) is 5.54 Å². The van der Waals surface area contributed by atoms with E-state index in [1.165, 1.54) is 5.56 Å². The highest BCUT2D eigenvalue weighted by Crippen LogP contribution is 2.40. The maximum atomic E-state index is 6.28. The molecule has 0 bridgehead atoms. The summed E-state index contributed by atoms with van der Waals surface area (Å²) >= 11 is 1.61. The maximum absolute atomic E-state index is 6.28. The van der Waals surface area contributed by atoms with Crippen molar-refractivity contribution in [3.05, 3.63) is 47.1 Å². The molecule has 0 spiro atoms. The van der Waals surface area contributed by atoms with Crippen LogP contribution in [-0.4, -0.2) is 10.1 Å². The van der Waals surface area contributed by atoms with E-state index in [2.05, 4.69) is 52.8 Å². The number of thiophene rings is 1. The smallest absolute Gasteiger partial charge is 0.268 e. The van der Waals surface area contributed by atoms with Crippen molar-refractivity contribution in [2.75, 3.05) is 0 Å². The molecule has 0 saturated heterocycles. The van der Waals surface area contributed by atoms with Gasteiger partial charge in [0.15, 0.2) is 5.82 Å². The number of nitrogens with zero attached hydrogens (tertiary/aromatic N) is 2. The van der Waals surface area contributed by atoms with Crippen LogP contribution in [0.5, 0.6) is 0 Å². The molecule has 0 aliphatic heterocycles. The van der Waals surface area contributed by atoms with Crippen molar-refractivity contribution >= 4 is 11.3 Å². The first-order valence-corrected chi connectivity index (χ1v) is 8.32. The molecule has 0 radical (unpaired) electrons. The van der Waals surface area contributed by atoms with Crippen LogP contribution < -0.4 is 5.73 Å². The lowest BCUT2D eigenvalue weighted by atomic mass is 9.77. The molecule has 2 heterocycles. The summed E-state index contributed by atoms with van der Waals surface area (Å²) in [6.45, 7) is 2.09. The summed E-state index contributed by atoms with van der Waals surface area (Å²) < 4.78 is 5.49. The van der Waals surface area contributed by atoms with Gasteiger partial charge in [0.25, 0.3) is 5.89 Å². The van der Waals surface area contributed by atoms with E-state index in [4.69, 9.17) is 10.3 Å². The zero-order valence-electron chi connectivity index (χ0n) is 12.4. The topological polar surface area (TPSA) is 64.9 Å². The van der Waals surface area contributed by atoms with E-state index in [1.54, 1.807) is 11.3 Å². The van der Waals surface area contributed by atoms with E-state index in [1.807, 2.05) is 0 Å². The number of rotatable bonds is 3. The van der Waals surface area contributed by atoms with Gasteiger partial charge in [0, 0.05) is 5.56 Å². The fourth-order valence-electron chi connectivity index (χ4n) is 2.73. The summed E-state index contributed by atoms with van der Waals surface area (Å²) in [6.07, 6.45) is 3.00. The molecule has 2 N–H and O–H groups in total. The Morgan fingerprint density at radius 1 is 1.18 bits per heavy atom. The van der Waals surface area contributed by atoms with Gasteiger partial charge >= 0.3 is 0 Å². The van der Waals surface area contributed by atoms with E-state index >= 15 is 0 Å². The number of nitrogens with two attached hydrogens (primary N) is 1. The standard InChI is InChI=1S/C17H17N3OS/c1-11-3-5-12(6-4-11)13-7-10-22-14(13)15-19-16(20-21-15)17(18)8-2-9-17/h3-7,10H,2,8-9,18H2,1H3. The van der Waals surface area contributed by atoms with Gasteiger partial charge in [-0.05, 0) is 43.2 Å². The molecule has 4 nitrogen and oxygen atoms in total. The number of benzene rings is 1. The predicted octanol–water partition coefficient (Wildman–Crippen LogP) is 4.11. The van der Waals surface area contributed by atoms with Crippen LogP contribution in [0, 0.1) is 6.92 Å². The van der Waals surface area contributed by atoms with Crippen LogP contribution in [0.25, 0.3) is 21.9 Å². The molecule has 1 aromatic carbocycles. The Hall–Kier alpha value is -1.98. The molecule has 1 aliphatic rings. The summed E-state index contributed by atoms with van der Waals surface area (Å²) in [5.74, 6) is 1.20. The zero-order valence-corrected chi connectivity index (χ0v) is 13.2. The van der Waals surface area contributed by atoms with Gasteiger partial charge in [0.2, 0.25) is 0 Å². The lowest BCUT2D eigenvalue weighted by molar-refractivity contribution is 0.229. The van der Waals surface area contributed by atoms with Crippen molar-refractivity contribution in [3.63, 3.8) is 0 Å². The number of aromatic nitrogens is 2. The van der Waals surface area contributed by atoms with Crippen LogP contribution in [0.2, 0.25) is 0 Å². The molecule has 1 saturated carbocycles. The lowest BCUT2D eigenvalue weighted by Crippen LogP contribution is -2.44. The fraction of sp³-hybridized carbons (Fsp3) is 0.294. The van der Waals surface area contributed by atoms with Gasteiger partial charge in [0.05, 0.1) is 5.54 Å². The third-order valence-corrected chi connectivity index (χ3v) is 5.24. The molecule has 0 unspecified atom stereocenters. The number of hydrogen-bond donors (Lipinski definition) is 1. The Kier molecular flexibility index (Phi) is 3.13. The normalized spacial score (nSPS) is 16.5. The summed E-state index contributed by atoms with van der Waals surface area (Å²) in [5.41, 5.74) is 9.42. The van der Waals surface area contributed by atoms with E-state index in [9.17, 15) is 0 Å². The fourth-order valence-corrected chi connectivity index (χ4v) is 3.57. The molecule has 1 aliphatic carbocycles. The van der Waals surface area contributed by atoms with Gasteiger partial charge in [-0.2, -0.15) is 4.98 Å². The van der Waals surface area contributed by atoms with Crippen molar-refractivity contribution in [1.82, 2.24) is 10.1 Å². The minimum absolute atomic E-state index is 0.386. The quantitative estimate of drug-likeness (QED) is 0.790. The molecular formula is C17H17N3OS. The molecule has 2 aromatic heterocycles. The molecule has 0 atom stereocenters. The minimum Gasteiger partial charge on any atom is -0.333 e. The van der Waals surface area contributed by atoms with Gasteiger partial charge in [-0.3, -0.25) is 0 Å². The van der Waals surface area contributed by atoms with Crippen LogP contribution in [0.1, 0.15) is 30.7 Å². The van der Waals surface area contributed by atoms with Crippen molar-refractivity contribution < 1.29 is 4.52 Å². The second-order valence-corrected chi connectivity index (χ2v) is 6.88. The lowest BCUT2D eigenvalue weighted by Gasteiger charge is -2.34. The predicted molar refractivity (Wildman–Crippen MR) is 87.5 cm³/mol. The van der Waals surface area contributed by atoms with Crippen LogP contribution >= 0.6 is 11.3 Å². The Morgan fingerprint density at radius 2 is 1.95 bits per heavy atom. The molecule has 5 heteroatoms. The zero-order chi connectivity index (χ0) is 15.2. The maximum Gasteiger partial charge on any atom is 0.268 e. The van der Waals surface area contributed by atoms with Gasteiger partial charge in [-0.15, -0.1) is 11.3 Å². The summed E-state index contributed by atoms with van der Waals surface area (Å²) in [5, 5.41) is 6.16. The first-order valence-electron chi connectivity index (χ1n) is 7.44. The second kappa shape index (κ2) is 5.04. The largest absolute Gasteiger partial charge is 0.333 e. The van der Waals surface area contributed by atoms with E-state index in [0.29, 0.717) is 11.7 Å². The summed E-state index contributed by atoms with van der Waals surface area (Å²) in [4.78, 5) is 5.56. The van der Waals surface area contributed by atoms with Gasteiger partial charge in [-0.1, -0.05) is 35.0 Å². The Labute approximate surface area is 133 Å². The molecule has 0 amide bonds. The van der Waals surface area contributed by atoms with E-state index in [0.717, 1.165) is 35.3 Å². The number of hydrogen-bond acceptors (Lipinski definition) is 5. The summed E-state index contributed by atoms with van der Waals surface area (Å²) in [7, 11) is 0. The Morgan fingerprint density at radius 3 is 2.64 bits per heavy atom. The SMILES string of the molecule is Cc1ccc(-c2ccsc2-c2nc(C3(N)CCC3)no2)cc1. The van der Waals surface area contributed by atoms with Gasteiger partial charge < -0.3 is 10.3 Å². The third-order valence-electron chi connectivity index (χ3n) is 4.34. The monoisotopic (exact) mass is 311 g/mol. The minimum atomic E-state index is -0.386. The van der Waals surface area contributed by atoms with Crippen LogP contribution in [0.4, 0.5) is 0 Å². The first kappa shape index (κ1) is 13.7. The van der Waals surface area contributed by atoms with Crippen molar-refractivity contribution in [2.45, 2.75) is 31.7 Å². The van der Waals surface area contributed by atoms with E-state index < -0.39 is 0 Å². The Balaban J connectivity index is 1.72. The Bertz CT molecular complexity index is 799. The van der Waals surface area contributed by atoms with Gasteiger partial charge in [-0.25, -0.2) is 0 Å². The highest BCUT2D eigenvalue weighted by Gasteiger charge is 2.39. The molecule has 4 rings (SSSR count). The second-order valence-electron chi connectivity index (χ2n) is 5.96. The van der Waals surface area contributed by atoms with Crippen LogP contribution in [0.3, 0.4) is 0 Å². The molecule has 22 heavy (non-hydrogen) atoms.